The van der Waals surface area contributed by atoms with Gasteiger partial charge in [-0.2, -0.15) is 10.6 Å². The summed E-state index contributed by atoms with van der Waals surface area (Å²) in [5.41, 5.74) is 1.93. The van der Waals surface area contributed by atoms with Gasteiger partial charge in [0, 0.05) is 42.3 Å². The minimum Gasteiger partial charge on any atom is -0.377 e. The van der Waals surface area contributed by atoms with Crippen molar-refractivity contribution < 1.29 is 18.6 Å². The van der Waals surface area contributed by atoms with Crippen molar-refractivity contribution in [2.45, 2.75) is 55.3 Å². The topological polar surface area (TPSA) is 133 Å². The van der Waals surface area contributed by atoms with Gasteiger partial charge < -0.3 is 20.3 Å². The van der Waals surface area contributed by atoms with Crippen molar-refractivity contribution >= 4 is 28.1 Å². The van der Waals surface area contributed by atoms with Gasteiger partial charge in [0.05, 0.1) is 29.8 Å². The predicted octanol–water partition coefficient (Wildman–Crippen LogP) is 5.09. The molecule has 1 aliphatic heterocycles. The van der Waals surface area contributed by atoms with Crippen molar-refractivity contribution in [1.29, 1.82) is 0 Å². The number of nitrogens with one attached hydrogen (secondary N) is 2. The molecule has 2 aliphatic rings. The van der Waals surface area contributed by atoms with E-state index in [2.05, 4.69) is 27.4 Å². The lowest BCUT2D eigenvalue weighted by molar-refractivity contribution is 0.0985. The lowest BCUT2D eigenvalue weighted by Crippen LogP contribution is -2.44. The van der Waals surface area contributed by atoms with Crippen LogP contribution in [0.2, 0.25) is 0 Å². The van der Waals surface area contributed by atoms with Gasteiger partial charge in [0.2, 0.25) is 0 Å². The first kappa shape index (κ1) is 26.4. The molecule has 0 radical (unpaired) electrons. The van der Waals surface area contributed by atoms with Crippen LogP contribution >= 0.6 is 10.6 Å². The third-order valence-corrected chi connectivity index (χ3v) is 9.56. The van der Waals surface area contributed by atoms with Crippen LogP contribution < -0.4 is 15.5 Å². The summed E-state index contributed by atoms with van der Waals surface area (Å²) in [5.74, 6) is 1.16. The summed E-state index contributed by atoms with van der Waals surface area (Å²) in [6.45, 7) is 7.46. The summed E-state index contributed by atoms with van der Waals surface area (Å²) in [6.07, 6.45) is 5.14. The van der Waals surface area contributed by atoms with Crippen LogP contribution in [0.4, 0.5) is 16.3 Å². The minimum absolute atomic E-state index is 0.0968. The third kappa shape index (κ3) is 5.46. The predicted molar refractivity (Wildman–Crippen MR) is 149 cm³/mol. The molecule has 10 nitrogen and oxygen atoms in total. The molecule has 0 unspecified atom stereocenters. The molecular formula is C27H34N6O4S. The first-order chi connectivity index (χ1) is 18.1. The molecule has 2 aromatic heterocycles. The lowest BCUT2D eigenvalue weighted by atomic mass is 10.1. The Morgan fingerprint density at radius 2 is 1.82 bits per heavy atom. The van der Waals surface area contributed by atoms with E-state index >= 15 is 0 Å². The summed E-state index contributed by atoms with van der Waals surface area (Å²) >= 11 is 0. The van der Waals surface area contributed by atoms with Crippen LogP contribution in [0, 0.1) is 0 Å². The largest absolute Gasteiger partial charge is 0.377 e. The molecule has 11 heteroatoms. The fraction of sp³-hybridized carbons (Fsp3) is 0.407. The molecular weight excluding hydrogens is 504 g/mol. The number of pyridine rings is 1. The normalized spacial score (nSPS) is 18.7. The zero-order valence-corrected chi connectivity index (χ0v) is 22.6. The molecule has 5 rings (SSSR count). The van der Waals surface area contributed by atoms with E-state index in [1.807, 2.05) is 30.3 Å². The van der Waals surface area contributed by atoms with Crippen LogP contribution in [-0.2, 0) is 9.48 Å². The maximum atomic E-state index is 12.1. The number of aromatic nitrogens is 3. The quantitative estimate of drug-likeness (QED) is 0.327. The Hall–Kier alpha value is -3.25. The van der Waals surface area contributed by atoms with Crippen molar-refractivity contribution in [2.75, 3.05) is 30.0 Å². The highest BCUT2D eigenvalue weighted by molar-refractivity contribution is 8.25. The van der Waals surface area contributed by atoms with Gasteiger partial charge in [-0.05, 0) is 70.0 Å². The van der Waals surface area contributed by atoms with Gasteiger partial charge in [0.1, 0.15) is 10.6 Å². The number of carbonyl (C=O) groups excluding carboxylic acids is 1. The van der Waals surface area contributed by atoms with Crippen LogP contribution in [0.3, 0.4) is 0 Å². The highest BCUT2D eigenvalue weighted by Gasteiger charge is 2.40. The van der Waals surface area contributed by atoms with Gasteiger partial charge in [0.25, 0.3) is 0 Å². The Kier molecular flexibility index (Phi) is 7.28. The lowest BCUT2D eigenvalue weighted by Gasteiger charge is -2.46. The number of carbonyl (C=O) groups is 1. The molecule has 0 bridgehead atoms. The van der Waals surface area contributed by atoms with E-state index in [1.54, 1.807) is 38.4 Å². The van der Waals surface area contributed by atoms with Gasteiger partial charge in [-0.15, -0.1) is 0 Å². The van der Waals surface area contributed by atoms with E-state index in [0.29, 0.717) is 47.7 Å². The van der Waals surface area contributed by atoms with E-state index < -0.39 is 15.3 Å². The maximum Gasteiger partial charge on any atom is 0.319 e. The average molecular weight is 539 g/mol. The fourth-order valence-electron chi connectivity index (χ4n) is 4.34. The standard InChI is InChI=1S/C27H34N6O4S/c1-18-17-37-15-14-33(18)24-16-23(27(2,3)38(35,36)22-10-12-28-13-11-22)31-25(32-24)19-4-6-20(7-5-19)29-26(34)30-21-8-9-21/h4-7,10-13,16,18,21,35-36H,8-9,14-15,17H2,1-3H3,(H2,29,30,34)/t18-/m0/s1. The number of nitrogens with zero attached hydrogens (tertiary/aromatic N) is 4. The Morgan fingerprint density at radius 1 is 1.11 bits per heavy atom. The van der Waals surface area contributed by atoms with E-state index in [9.17, 15) is 13.9 Å². The van der Waals surface area contributed by atoms with Crippen molar-refractivity contribution in [2.24, 2.45) is 0 Å². The van der Waals surface area contributed by atoms with Crippen molar-refractivity contribution in [3.8, 4) is 11.4 Å². The molecule has 202 valence electrons. The summed E-state index contributed by atoms with van der Waals surface area (Å²) in [6, 6.07) is 12.6. The molecule has 1 atom stereocenters. The monoisotopic (exact) mass is 538 g/mol. The summed E-state index contributed by atoms with van der Waals surface area (Å²) in [7, 11) is -3.30. The number of hydrogen-bond donors (Lipinski definition) is 4. The smallest absolute Gasteiger partial charge is 0.319 e. The number of urea groups is 1. The van der Waals surface area contributed by atoms with E-state index in [1.165, 1.54) is 0 Å². The number of ether oxygens (including phenoxy) is 1. The van der Waals surface area contributed by atoms with Crippen molar-refractivity contribution in [1.82, 2.24) is 20.3 Å². The number of rotatable bonds is 7. The Balaban J connectivity index is 1.51. The van der Waals surface area contributed by atoms with Crippen LogP contribution in [0.1, 0.15) is 39.3 Å². The summed E-state index contributed by atoms with van der Waals surface area (Å²) < 4.78 is 27.4. The molecule has 1 aromatic carbocycles. The van der Waals surface area contributed by atoms with E-state index in [4.69, 9.17) is 14.7 Å². The number of hydrogen-bond acceptors (Lipinski definition) is 8. The SMILES string of the molecule is C[C@H]1COCCN1c1cc(C(C)(C)S(O)(O)c2ccncc2)nc(-c2ccc(NC(=O)NC3CC3)cc2)n1. The second kappa shape index (κ2) is 10.5. The fourth-order valence-corrected chi connectivity index (χ4v) is 5.82. The average Bonchev–Trinajstić information content (AvgIpc) is 3.73. The molecule has 0 spiro atoms. The Bertz CT molecular complexity index is 1280. The highest BCUT2D eigenvalue weighted by Crippen LogP contribution is 2.63. The Labute approximate surface area is 224 Å². The van der Waals surface area contributed by atoms with Crippen LogP contribution in [0.25, 0.3) is 11.4 Å². The molecule has 1 saturated heterocycles. The third-order valence-electron chi connectivity index (χ3n) is 6.99. The number of anilines is 2. The second-order valence-corrected chi connectivity index (χ2v) is 12.8. The number of morpholine rings is 1. The molecule has 38 heavy (non-hydrogen) atoms. The van der Waals surface area contributed by atoms with Crippen molar-refractivity contribution in [3.05, 3.63) is 60.6 Å². The zero-order chi connectivity index (χ0) is 26.9. The van der Waals surface area contributed by atoms with Gasteiger partial charge in [0.15, 0.2) is 5.82 Å². The summed E-state index contributed by atoms with van der Waals surface area (Å²) in [4.78, 5) is 28.4. The Morgan fingerprint density at radius 3 is 2.47 bits per heavy atom. The van der Waals surface area contributed by atoms with Crippen LogP contribution in [-0.4, -0.2) is 61.9 Å². The molecule has 2 fully saturated rings. The van der Waals surface area contributed by atoms with Gasteiger partial charge >= 0.3 is 6.03 Å². The summed E-state index contributed by atoms with van der Waals surface area (Å²) in [5, 5.41) is 5.76. The minimum atomic E-state index is -3.30. The molecule has 3 aromatic rings. The first-order valence-electron chi connectivity index (χ1n) is 12.7. The molecule has 2 amide bonds. The van der Waals surface area contributed by atoms with Gasteiger partial charge in [-0.25, -0.2) is 14.8 Å². The zero-order valence-electron chi connectivity index (χ0n) is 21.8. The first-order valence-corrected chi connectivity index (χ1v) is 14.3. The molecule has 3 heterocycles. The van der Waals surface area contributed by atoms with E-state index in [-0.39, 0.29) is 18.1 Å². The van der Waals surface area contributed by atoms with Gasteiger partial charge in [-0.3, -0.25) is 14.1 Å². The molecule has 1 saturated carbocycles. The van der Waals surface area contributed by atoms with Crippen LogP contribution in [0.5, 0.6) is 0 Å². The van der Waals surface area contributed by atoms with E-state index in [0.717, 1.165) is 18.4 Å². The molecule has 4 N–H and O–H groups in total. The second-order valence-electron chi connectivity index (χ2n) is 10.2. The molecule has 1 aliphatic carbocycles. The van der Waals surface area contributed by atoms with Crippen LogP contribution in [0.15, 0.2) is 59.8 Å². The maximum absolute atomic E-state index is 12.1. The van der Waals surface area contributed by atoms with Crippen molar-refractivity contribution in [3.63, 3.8) is 0 Å². The number of amides is 2. The number of benzene rings is 1. The van der Waals surface area contributed by atoms with Gasteiger partial charge in [-0.1, -0.05) is 0 Å². The highest BCUT2D eigenvalue weighted by atomic mass is 32.3.